The van der Waals surface area contributed by atoms with Gasteiger partial charge in [-0.3, -0.25) is 4.98 Å². The van der Waals surface area contributed by atoms with Crippen LogP contribution >= 0.6 is 0 Å². The van der Waals surface area contributed by atoms with Crippen LogP contribution in [-0.2, 0) is 16.0 Å². The summed E-state index contributed by atoms with van der Waals surface area (Å²) in [4.78, 5) is 19.1. The van der Waals surface area contributed by atoms with Crippen molar-refractivity contribution in [2.24, 2.45) is 5.41 Å². The Morgan fingerprint density at radius 3 is 2.21 bits per heavy atom. The van der Waals surface area contributed by atoms with Crippen LogP contribution in [0.3, 0.4) is 0 Å². The van der Waals surface area contributed by atoms with Crippen molar-refractivity contribution in [2.45, 2.75) is 72.5 Å². The van der Waals surface area contributed by atoms with E-state index in [1.54, 1.807) is 39.8 Å². The average Bonchev–Trinajstić information content (AvgIpc) is 2.89. The molecule has 0 unspecified atom stereocenters. The Kier molecular flexibility index (Phi) is 9.21. The van der Waals surface area contributed by atoms with Crippen molar-refractivity contribution in [3.05, 3.63) is 76.9 Å². The first-order valence-electron chi connectivity index (χ1n) is 14.2. The Labute approximate surface area is 245 Å². The van der Waals surface area contributed by atoms with Gasteiger partial charge >= 0.3 is 5.97 Å². The fraction of sp³-hybridized carbons (Fsp3) is 0.455. The Morgan fingerprint density at radius 2 is 1.67 bits per heavy atom. The zero-order valence-corrected chi connectivity index (χ0v) is 25.1. The van der Waals surface area contributed by atoms with Crippen molar-refractivity contribution < 1.29 is 32.5 Å². The Balaban J connectivity index is 1.75. The molecule has 4 rings (SSSR count). The lowest BCUT2D eigenvalue weighted by Gasteiger charge is -2.41. The van der Waals surface area contributed by atoms with E-state index in [1.165, 1.54) is 30.5 Å². The number of anilines is 1. The van der Waals surface area contributed by atoms with Crippen molar-refractivity contribution in [3.8, 4) is 16.9 Å². The zero-order valence-electron chi connectivity index (χ0n) is 25.1. The highest BCUT2D eigenvalue weighted by Crippen LogP contribution is 2.44. The quantitative estimate of drug-likeness (QED) is 0.278. The number of hydrogen-bond acceptors (Lipinski definition) is 5. The van der Waals surface area contributed by atoms with Gasteiger partial charge in [0.1, 0.15) is 5.82 Å². The Morgan fingerprint density at radius 1 is 1.07 bits per heavy atom. The number of rotatable bonds is 9. The minimum absolute atomic E-state index is 0.00565. The van der Waals surface area contributed by atoms with E-state index < -0.39 is 35.1 Å². The van der Waals surface area contributed by atoms with Gasteiger partial charge in [-0.05, 0) is 81.3 Å². The fourth-order valence-corrected chi connectivity index (χ4v) is 5.17. The van der Waals surface area contributed by atoms with E-state index in [1.807, 2.05) is 0 Å². The molecule has 1 aliphatic heterocycles. The molecule has 42 heavy (non-hydrogen) atoms. The van der Waals surface area contributed by atoms with Crippen LogP contribution in [0.4, 0.5) is 18.9 Å². The molecular weight excluding hydrogens is 545 g/mol. The number of benzene rings is 2. The van der Waals surface area contributed by atoms with E-state index in [0.29, 0.717) is 42.0 Å². The van der Waals surface area contributed by atoms with Crippen molar-refractivity contribution >= 4 is 11.7 Å². The largest absolute Gasteiger partial charge is 0.487 e. The molecule has 9 heteroatoms. The lowest BCUT2D eigenvalue weighted by Crippen LogP contribution is -2.39. The molecule has 6 nitrogen and oxygen atoms in total. The minimum Gasteiger partial charge on any atom is -0.487 e. The summed E-state index contributed by atoms with van der Waals surface area (Å²) in [6.07, 6.45) is 2.24. The van der Waals surface area contributed by atoms with E-state index >= 15 is 8.78 Å². The number of aryl methyl sites for hydroxylation is 1. The molecule has 1 fully saturated rings. The second-order valence-corrected chi connectivity index (χ2v) is 12.6. The lowest BCUT2D eigenvalue weighted by atomic mass is 9.82. The average molecular weight is 585 g/mol. The summed E-state index contributed by atoms with van der Waals surface area (Å²) in [7, 11) is 0. The second kappa shape index (κ2) is 12.3. The van der Waals surface area contributed by atoms with Crippen LogP contribution in [0.25, 0.3) is 11.1 Å². The van der Waals surface area contributed by atoms with Crippen molar-refractivity contribution in [1.82, 2.24) is 4.98 Å². The van der Waals surface area contributed by atoms with Gasteiger partial charge in [-0.25, -0.2) is 18.0 Å². The van der Waals surface area contributed by atoms with Crippen LogP contribution in [0.15, 0.2) is 42.6 Å². The number of carboxylic acids is 1. The van der Waals surface area contributed by atoms with Gasteiger partial charge < -0.3 is 19.5 Å². The summed E-state index contributed by atoms with van der Waals surface area (Å²) in [6.45, 7) is 12.7. The topological polar surface area (TPSA) is 71.9 Å². The zero-order chi connectivity index (χ0) is 30.8. The molecule has 0 amide bonds. The highest BCUT2D eigenvalue weighted by molar-refractivity contribution is 5.86. The first-order chi connectivity index (χ1) is 19.6. The fourth-order valence-electron chi connectivity index (χ4n) is 5.17. The number of piperidine rings is 1. The molecule has 0 spiro atoms. The molecule has 0 saturated carbocycles. The molecule has 2 heterocycles. The number of carbonyl (C=O) groups is 1. The van der Waals surface area contributed by atoms with Crippen LogP contribution in [0.5, 0.6) is 5.75 Å². The molecule has 1 aliphatic rings. The van der Waals surface area contributed by atoms with Gasteiger partial charge in [0.25, 0.3) is 0 Å². The maximum absolute atomic E-state index is 15.4. The number of halogens is 3. The highest BCUT2D eigenvalue weighted by Gasteiger charge is 2.36. The number of aliphatic carboxylic acids is 1. The molecule has 0 aliphatic carbocycles. The predicted molar refractivity (Wildman–Crippen MR) is 156 cm³/mol. The third-order valence-corrected chi connectivity index (χ3v) is 7.54. The second-order valence-electron chi connectivity index (χ2n) is 12.6. The molecule has 0 bridgehead atoms. The molecule has 1 saturated heterocycles. The summed E-state index contributed by atoms with van der Waals surface area (Å²) in [6, 6.07) is 8.18. The highest BCUT2D eigenvalue weighted by atomic mass is 19.1. The van der Waals surface area contributed by atoms with Gasteiger partial charge in [0.05, 0.1) is 17.9 Å². The summed E-state index contributed by atoms with van der Waals surface area (Å²) in [5.41, 5.74) is 2.12. The normalized spacial score (nSPS) is 15.9. The number of ether oxygens (including phenoxy) is 2. The van der Waals surface area contributed by atoms with E-state index in [-0.39, 0.29) is 23.4 Å². The number of carboxylic acid groups (broad SMARTS) is 1. The van der Waals surface area contributed by atoms with Gasteiger partial charge in [0.15, 0.2) is 23.5 Å². The van der Waals surface area contributed by atoms with Gasteiger partial charge in [0, 0.05) is 42.5 Å². The predicted octanol–water partition coefficient (Wildman–Crippen LogP) is 7.66. The van der Waals surface area contributed by atoms with Crippen LogP contribution in [0, 0.1) is 29.8 Å². The maximum atomic E-state index is 15.4. The van der Waals surface area contributed by atoms with Crippen LogP contribution < -0.4 is 9.64 Å². The first-order valence-corrected chi connectivity index (χ1v) is 14.2. The molecule has 1 N–H and O–H groups in total. The summed E-state index contributed by atoms with van der Waals surface area (Å²) >= 11 is 0. The number of nitrogens with zero attached hydrogens (tertiary/aromatic N) is 2. The third kappa shape index (κ3) is 7.43. The molecule has 226 valence electrons. The van der Waals surface area contributed by atoms with Crippen molar-refractivity contribution in [1.29, 1.82) is 0 Å². The summed E-state index contributed by atoms with van der Waals surface area (Å²) < 4.78 is 55.4. The molecule has 1 aromatic heterocycles. The van der Waals surface area contributed by atoms with Crippen LogP contribution in [0.2, 0.25) is 0 Å². The van der Waals surface area contributed by atoms with E-state index in [4.69, 9.17) is 9.47 Å². The van der Waals surface area contributed by atoms with Crippen molar-refractivity contribution in [2.75, 3.05) is 24.6 Å². The summed E-state index contributed by atoms with van der Waals surface area (Å²) in [5.74, 6) is -3.83. The van der Waals surface area contributed by atoms with E-state index in [2.05, 4.69) is 23.7 Å². The number of hydrogen-bond donors (Lipinski definition) is 1. The maximum Gasteiger partial charge on any atom is 0.337 e. The van der Waals surface area contributed by atoms with Gasteiger partial charge in [0.2, 0.25) is 0 Å². The first kappa shape index (κ1) is 31.3. The smallest absolute Gasteiger partial charge is 0.337 e. The van der Waals surface area contributed by atoms with Gasteiger partial charge in [-0.15, -0.1) is 0 Å². The molecule has 2 aromatic carbocycles. The monoisotopic (exact) mass is 584 g/mol. The third-order valence-electron chi connectivity index (χ3n) is 7.54. The number of pyridine rings is 1. The molecule has 3 aromatic rings. The molecule has 0 radical (unpaired) electrons. The van der Waals surface area contributed by atoms with Crippen molar-refractivity contribution in [3.63, 3.8) is 0 Å². The van der Waals surface area contributed by atoms with Crippen LogP contribution in [0.1, 0.15) is 70.4 Å². The number of aromatic nitrogens is 1. The molecule has 1 atom stereocenters. The Bertz CT molecular complexity index is 1400. The van der Waals surface area contributed by atoms with E-state index in [9.17, 15) is 14.3 Å². The van der Waals surface area contributed by atoms with Gasteiger partial charge in [-0.2, -0.15) is 0 Å². The summed E-state index contributed by atoms with van der Waals surface area (Å²) in [5, 5.41) is 10.3. The van der Waals surface area contributed by atoms with E-state index in [0.717, 1.165) is 18.4 Å². The SMILES string of the molecule is Cc1ncc(-c2cc(F)c(OCCc3ccc(F)cc3)c(F)c2)c(N2CCC(C)(C)CC2)c1[C@H](OC(C)(C)C)C(=O)O. The molecular formula is C33H39F3N2O4. The van der Waals surface area contributed by atoms with Gasteiger partial charge in [-0.1, -0.05) is 26.0 Å². The lowest BCUT2D eigenvalue weighted by molar-refractivity contribution is -0.160. The van der Waals surface area contributed by atoms with Crippen LogP contribution in [-0.4, -0.2) is 41.4 Å². The Hall–Kier alpha value is -3.59. The minimum atomic E-state index is -1.34. The standard InChI is InChI=1S/C33H39F3N2O4/c1-20-27(30(31(39)40)42-32(2,3)4)28(38-14-12-33(5,6)13-15-38)24(19-37-20)22-17-25(35)29(26(36)18-22)41-16-11-21-7-9-23(34)10-8-21/h7-10,17-19,30H,11-16H2,1-6H3,(H,39,40)/t30-/m0/s1.